The van der Waals surface area contributed by atoms with Gasteiger partial charge in [-0.3, -0.25) is 19.3 Å². The summed E-state index contributed by atoms with van der Waals surface area (Å²) in [5, 5.41) is 2.22. The standard InChI is InChI=1S/C18H14FN3O3S2/c19-12-5-3-11(4-6-12)10-14-17(24)22(18(25)27-14)9-8-20-15(23)13-2-1-7-21-16(13)26/h1-7,10H,8-9H2,(H,20,23)(H,21,26)/b14-10-. The van der Waals surface area contributed by atoms with Gasteiger partial charge in [-0.15, -0.1) is 0 Å². The summed E-state index contributed by atoms with van der Waals surface area (Å²) in [5.74, 6) is -1.21. The summed E-state index contributed by atoms with van der Waals surface area (Å²) in [4.78, 5) is 40.6. The molecule has 27 heavy (non-hydrogen) atoms. The van der Waals surface area contributed by atoms with Crippen molar-refractivity contribution < 1.29 is 18.8 Å². The number of thioether (sulfide) groups is 1. The van der Waals surface area contributed by atoms with Crippen molar-refractivity contribution in [3.8, 4) is 0 Å². The number of H-pyrrole nitrogens is 1. The molecule has 2 heterocycles. The van der Waals surface area contributed by atoms with E-state index in [2.05, 4.69) is 10.3 Å². The maximum Gasteiger partial charge on any atom is 0.293 e. The second kappa shape index (κ2) is 8.28. The summed E-state index contributed by atoms with van der Waals surface area (Å²) in [6, 6.07) is 8.83. The lowest BCUT2D eigenvalue weighted by Crippen LogP contribution is -2.37. The summed E-state index contributed by atoms with van der Waals surface area (Å²) < 4.78 is 13.3. The normalized spacial score (nSPS) is 15.4. The van der Waals surface area contributed by atoms with Gasteiger partial charge in [0.25, 0.3) is 17.1 Å². The highest BCUT2D eigenvalue weighted by Crippen LogP contribution is 2.31. The van der Waals surface area contributed by atoms with E-state index in [9.17, 15) is 18.8 Å². The van der Waals surface area contributed by atoms with Gasteiger partial charge in [0.1, 0.15) is 10.5 Å². The number of hydrogen-bond donors (Lipinski definition) is 2. The molecule has 3 amide bonds. The number of halogens is 1. The largest absolute Gasteiger partial charge is 0.352 e. The molecule has 2 N–H and O–H groups in total. The number of benzene rings is 1. The van der Waals surface area contributed by atoms with Gasteiger partial charge >= 0.3 is 0 Å². The number of aromatic nitrogens is 1. The van der Waals surface area contributed by atoms with Crippen LogP contribution in [-0.2, 0) is 4.79 Å². The Labute approximate surface area is 163 Å². The van der Waals surface area contributed by atoms with Crippen molar-refractivity contribution in [3.05, 3.63) is 69.1 Å². The van der Waals surface area contributed by atoms with Crippen LogP contribution in [0, 0.1) is 10.5 Å². The summed E-state index contributed by atoms with van der Waals surface area (Å²) in [7, 11) is 0. The molecule has 0 unspecified atom stereocenters. The summed E-state index contributed by atoms with van der Waals surface area (Å²) >= 11 is 5.85. The van der Waals surface area contributed by atoms with Gasteiger partial charge in [0.15, 0.2) is 0 Å². The van der Waals surface area contributed by atoms with Crippen molar-refractivity contribution >= 4 is 47.1 Å². The fraction of sp³-hybridized carbons (Fsp3) is 0.111. The zero-order valence-corrected chi connectivity index (χ0v) is 15.5. The lowest BCUT2D eigenvalue weighted by atomic mass is 10.2. The lowest BCUT2D eigenvalue weighted by Gasteiger charge is -2.13. The Morgan fingerprint density at radius 2 is 2.00 bits per heavy atom. The quantitative estimate of drug-likeness (QED) is 0.591. The van der Waals surface area contributed by atoms with Crippen molar-refractivity contribution in [1.82, 2.24) is 15.2 Å². The number of amides is 3. The monoisotopic (exact) mass is 403 g/mol. The lowest BCUT2D eigenvalue weighted by molar-refractivity contribution is -0.122. The summed E-state index contributed by atoms with van der Waals surface area (Å²) in [6.07, 6.45) is 3.15. The molecule has 1 aromatic heterocycles. The molecule has 9 heteroatoms. The maximum atomic E-state index is 13.0. The van der Waals surface area contributed by atoms with Crippen LogP contribution in [0.25, 0.3) is 6.08 Å². The average Bonchev–Trinajstić information content (AvgIpc) is 2.91. The van der Waals surface area contributed by atoms with Crippen molar-refractivity contribution in [3.63, 3.8) is 0 Å². The molecule has 1 aliphatic rings. The van der Waals surface area contributed by atoms with E-state index >= 15 is 0 Å². The van der Waals surface area contributed by atoms with Crippen LogP contribution in [0.2, 0.25) is 0 Å². The van der Waals surface area contributed by atoms with E-state index in [0.29, 0.717) is 15.8 Å². The van der Waals surface area contributed by atoms with E-state index < -0.39 is 11.1 Å². The van der Waals surface area contributed by atoms with Gasteiger partial charge in [-0.1, -0.05) is 24.4 Å². The Morgan fingerprint density at radius 3 is 2.70 bits per heavy atom. The minimum absolute atomic E-state index is 0.0421. The number of hydrogen-bond acceptors (Lipinski definition) is 5. The third-order valence-corrected chi connectivity index (χ3v) is 4.97. The third-order valence-electron chi connectivity index (χ3n) is 3.73. The number of imide groups is 1. The second-order valence-corrected chi connectivity index (χ2v) is 6.96. The van der Waals surface area contributed by atoms with E-state index in [-0.39, 0.29) is 29.7 Å². The number of pyridine rings is 1. The molecule has 0 saturated carbocycles. The Bertz CT molecular complexity index is 986. The molecule has 0 bridgehead atoms. The zero-order valence-electron chi connectivity index (χ0n) is 13.9. The molecular formula is C18H14FN3O3S2. The highest BCUT2D eigenvalue weighted by atomic mass is 32.2. The van der Waals surface area contributed by atoms with Gasteiger partial charge in [0.2, 0.25) is 0 Å². The molecule has 0 spiro atoms. The van der Waals surface area contributed by atoms with E-state index in [1.54, 1.807) is 18.3 Å². The van der Waals surface area contributed by atoms with Crippen LogP contribution in [-0.4, -0.2) is 40.0 Å². The molecule has 0 atom stereocenters. The summed E-state index contributed by atoms with van der Waals surface area (Å²) in [6.45, 7) is 0.144. The SMILES string of the molecule is O=C(NCCN1C(=O)S/C(=C\c2ccc(F)cc2)C1=O)c1ccc[nH]c1=S. The Morgan fingerprint density at radius 1 is 1.26 bits per heavy atom. The Balaban J connectivity index is 1.61. The minimum Gasteiger partial charge on any atom is -0.352 e. The first kappa shape index (κ1) is 19.0. The number of nitrogens with zero attached hydrogens (tertiary/aromatic N) is 1. The molecule has 1 aliphatic heterocycles. The number of carbonyl (C=O) groups excluding carboxylic acids is 3. The average molecular weight is 403 g/mol. The van der Waals surface area contributed by atoms with Gasteiger partial charge < -0.3 is 10.3 Å². The van der Waals surface area contributed by atoms with Crippen molar-refractivity contribution in [1.29, 1.82) is 0 Å². The maximum absolute atomic E-state index is 13.0. The van der Waals surface area contributed by atoms with E-state index in [0.717, 1.165) is 16.7 Å². The second-order valence-electron chi connectivity index (χ2n) is 5.55. The Kier molecular flexibility index (Phi) is 5.82. The molecule has 1 fully saturated rings. The minimum atomic E-state index is -0.444. The highest BCUT2D eigenvalue weighted by Gasteiger charge is 2.34. The highest BCUT2D eigenvalue weighted by molar-refractivity contribution is 8.18. The van der Waals surface area contributed by atoms with E-state index in [1.165, 1.54) is 30.3 Å². The van der Waals surface area contributed by atoms with Gasteiger partial charge in [-0.2, -0.15) is 0 Å². The first-order chi connectivity index (χ1) is 13.0. The zero-order chi connectivity index (χ0) is 19.4. The topological polar surface area (TPSA) is 82.3 Å². The molecule has 6 nitrogen and oxygen atoms in total. The van der Waals surface area contributed by atoms with Crippen LogP contribution < -0.4 is 5.32 Å². The van der Waals surface area contributed by atoms with Gasteiger partial charge in [-0.05, 0) is 47.7 Å². The molecule has 138 valence electrons. The van der Waals surface area contributed by atoms with Crippen LogP contribution in [0.5, 0.6) is 0 Å². The van der Waals surface area contributed by atoms with Crippen LogP contribution in [0.15, 0.2) is 47.5 Å². The third kappa shape index (κ3) is 4.50. The van der Waals surface area contributed by atoms with Crippen molar-refractivity contribution in [2.75, 3.05) is 13.1 Å². The smallest absolute Gasteiger partial charge is 0.293 e. The fourth-order valence-corrected chi connectivity index (χ4v) is 3.47. The Hall–Kier alpha value is -2.78. The molecule has 1 aromatic carbocycles. The van der Waals surface area contributed by atoms with Crippen LogP contribution in [0.4, 0.5) is 9.18 Å². The summed E-state index contributed by atoms with van der Waals surface area (Å²) in [5.41, 5.74) is 0.936. The molecular weight excluding hydrogens is 389 g/mol. The number of nitrogens with one attached hydrogen (secondary N) is 2. The van der Waals surface area contributed by atoms with E-state index in [1.807, 2.05) is 0 Å². The van der Waals surface area contributed by atoms with Gasteiger partial charge in [-0.25, -0.2) is 4.39 Å². The number of rotatable bonds is 5. The predicted octanol–water partition coefficient (Wildman–Crippen LogP) is 3.35. The molecule has 0 aliphatic carbocycles. The van der Waals surface area contributed by atoms with Gasteiger partial charge in [0.05, 0.1) is 10.5 Å². The number of carbonyl (C=O) groups is 3. The molecule has 3 rings (SSSR count). The predicted molar refractivity (Wildman–Crippen MR) is 103 cm³/mol. The molecule has 2 aromatic rings. The molecule has 0 radical (unpaired) electrons. The molecule has 1 saturated heterocycles. The van der Waals surface area contributed by atoms with Crippen molar-refractivity contribution in [2.45, 2.75) is 0 Å². The number of aromatic amines is 1. The van der Waals surface area contributed by atoms with Crippen LogP contribution in [0.3, 0.4) is 0 Å². The fourth-order valence-electron chi connectivity index (χ4n) is 2.38. The van der Waals surface area contributed by atoms with Crippen molar-refractivity contribution in [2.24, 2.45) is 0 Å². The van der Waals surface area contributed by atoms with Gasteiger partial charge in [0, 0.05) is 19.3 Å². The van der Waals surface area contributed by atoms with E-state index in [4.69, 9.17) is 12.2 Å². The first-order valence-corrected chi connectivity index (χ1v) is 9.15. The first-order valence-electron chi connectivity index (χ1n) is 7.92. The van der Waals surface area contributed by atoms with Crippen LogP contribution >= 0.6 is 24.0 Å². The van der Waals surface area contributed by atoms with Crippen LogP contribution in [0.1, 0.15) is 15.9 Å².